The van der Waals surface area contributed by atoms with E-state index >= 15 is 0 Å². The fraction of sp³-hybridized carbons (Fsp3) is 0.250. The van der Waals surface area contributed by atoms with Gasteiger partial charge in [-0.1, -0.05) is 29.8 Å². The second-order valence-electron chi connectivity index (χ2n) is 7.62. The van der Waals surface area contributed by atoms with Gasteiger partial charge in [0.25, 0.3) is 5.91 Å². The molecular formula is C24H25ClN4O2. The van der Waals surface area contributed by atoms with Crippen LogP contribution in [0.25, 0.3) is 0 Å². The lowest BCUT2D eigenvalue weighted by atomic mass is 10.1. The molecule has 3 aromatic rings. The molecule has 1 atom stereocenters. The summed E-state index contributed by atoms with van der Waals surface area (Å²) in [6.45, 7) is 3.98. The summed E-state index contributed by atoms with van der Waals surface area (Å²) in [6, 6.07) is 17.0. The molecule has 2 heterocycles. The van der Waals surface area contributed by atoms with Crippen molar-refractivity contribution in [3.63, 3.8) is 0 Å². The van der Waals surface area contributed by atoms with Gasteiger partial charge in [0.05, 0.1) is 5.02 Å². The third-order valence-electron chi connectivity index (χ3n) is 5.35. The van der Waals surface area contributed by atoms with Crippen LogP contribution < -0.4 is 20.7 Å². The molecule has 1 aliphatic rings. The average Bonchev–Trinajstić information content (AvgIpc) is 3.31. The summed E-state index contributed by atoms with van der Waals surface area (Å²) in [6.07, 6.45) is 3.56. The first-order valence-corrected chi connectivity index (χ1v) is 10.7. The second-order valence-corrected chi connectivity index (χ2v) is 8.06. The van der Waals surface area contributed by atoms with Crippen molar-refractivity contribution in [2.24, 2.45) is 0 Å². The van der Waals surface area contributed by atoms with Crippen molar-refractivity contribution in [2.45, 2.75) is 25.9 Å². The average molecular weight is 437 g/mol. The van der Waals surface area contributed by atoms with Crippen molar-refractivity contribution < 1.29 is 9.53 Å². The molecule has 0 aliphatic carbocycles. The Kier molecular flexibility index (Phi) is 6.28. The maximum absolute atomic E-state index is 12.8. The highest BCUT2D eigenvalue weighted by Gasteiger charge is 2.15. The minimum absolute atomic E-state index is 0.143. The van der Waals surface area contributed by atoms with Gasteiger partial charge in [-0.2, -0.15) is 0 Å². The third-order valence-corrected chi connectivity index (χ3v) is 5.55. The van der Waals surface area contributed by atoms with E-state index in [1.807, 2.05) is 49.4 Å². The zero-order chi connectivity index (χ0) is 21.8. The van der Waals surface area contributed by atoms with Crippen LogP contribution in [0.15, 0.2) is 60.8 Å². The van der Waals surface area contributed by atoms with E-state index in [1.165, 1.54) is 19.0 Å². The van der Waals surface area contributed by atoms with E-state index in [0.29, 0.717) is 22.0 Å². The summed E-state index contributed by atoms with van der Waals surface area (Å²) < 4.78 is 5.94. The van der Waals surface area contributed by atoms with Gasteiger partial charge < -0.3 is 20.7 Å². The van der Waals surface area contributed by atoms with Gasteiger partial charge in [0, 0.05) is 42.3 Å². The Morgan fingerprint density at radius 3 is 2.74 bits per heavy atom. The molecule has 0 bridgehead atoms. The van der Waals surface area contributed by atoms with Crippen LogP contribution in [0.5, 0.6) is 5.75 Å². The van der Waals surface area contributed by atoms with Gasteiger partial charge in [-0.05, 0) is 55.7 Å². The van der Waals surface area contributed by atoms with Crippen LogP contribution in [0.1, 0.15) is 41.8 Å². The Bertz CT molecular complexity index is 1080. The van der Waals surface area contributed by atoms with E-state index < -0.39 is 0 Å². The topological polar surface area (TPSA) is 80.5 Å². The monoisotopic (exact) mass is 436 g/mol. The van der Waals surface area contributed by atoms with Crippen molar-refractivity contribution in [3.8, 4) is 5.75 Å². The number of nitrogens with zero attached hydrogens (tertiary/aromatic N) is 2. The van der Waals surface area contributed by atoms with Crippen LogP contribution in [0.4, 0.5) is 17.2 Å². The standard InChI is InChI=1S/C24H25ClN4O2/c1-16(31-22-14-19(25)15-27-23(22)26)17-6-4-8-20(12-17)28-24(30)18-7-5-9-21(13-18)29-10-2-3-11-29/h4-9,12-16H,2-3,10-11H2,1H3,(H2,26,27)(H,28,30). The number of anilines is 3. The van der Waals surface area contributed by atoms with E-state index in [4.69, 9.17) is 22.1 Å². The number of nitrogen functional groups attached to an aromatic ring is 1. The van der Waals surface area contributed by atoms with Crippen molar-refractivity contribution >= 4 is 34.7 Å². The van der Waals surface area contributed by atoms with Crippen LogP contribution in [0.3, 0.4) is 0 Å². The number of pyridine rings is 1. The van der Waals surface area contributed by atoms with Crippen molar-refractivity contribution in [2.75, 3.05) is 29.0 Å². The number of nitrogens with one attached hydrogen (secondary N) is 1. The fourth-order valence-corrected chi connectivity index (χ4v) is 3.82. The molecule has 6 nitrogen and oxygen atoms in total. The van der Waals surface area contributed by atoms with Crippen molar-refractivity contribution in [1.82, 2.24) is 4.98 Å². The molecule has 1 amide bonds. The highest BCUT2D eigenvalue weighted by molar-refractivity contribution is 6.30. The SMILES string of the molecule is CC(Oc1cc(Cl)cnc1N)c1cccc(NC(=O)c2cccc(N3CCCC3)c2)c1. The van der Waals surface area contributed by atoms with Gasteiger partial charge >= 0.3 is 0 Å². The minimum atomic E-state index is -0.307. The van der Waals surface area contributed by atoms with E-state index in [0.717, 1.165) is 24.3 Å². The summed E-state index contributed by atoms with van der Waals surface area (Å²) in [5.41, 5.74) is 9.19. The maximum Gasteiger partial charge on any atom is 0.255 e. The lowest BCUT2D eigenvalue weighted by Crippen LogP contribution is -2.19. The number of benzene rings is 2. The predicted molar refractivity (Wildman–Crippen MR) is 125 cm³/mol. The van der Waals surface area contributed by atoms with Crippen LogP contribution >= 0.6 is 11.6 Å². The van der Waals surface area contributed by atoms with Gasteiger partial charge in [0.1, 0.15) is 6.10 Å². The molecule has 2 aromatic carbocycles. The number of aromatic nitrogens is 1. The second kappa shape index (κ2) is 9.27. The molecule has 3 N–H and O–H groups in total. The number of hydrogen-bond donors (Lipinski definition) is 2. The molecule has 31 heavy (non-hydrogen) atoms. The number of amides is 1. The van der Waals surface area contributed by atoms with Crippen molar-refractivity contribution in [3.05, 3.63) is 76.9 Å². The van der Waals surface area contributed by atoms with E-state index in [-0.39, 0.29) is 17.8 Å². The Morgan fingerprint density at radius 1 is 1.16 bits per heavy atom. The van der Waals surface area contributed by atoms with Crippen LogP contribution in [-0.2, 0) is 0 Å². The van der Waals surface area contributed by atoms with Crippen LogP contribution in [-0.4, -0.2) is 24.0 Å². The molecule has 0 radical (unpaired) electrons. The molecule has 1 aromatic heterocycles. The highest BCUT2D eigenvalue weighted by Crippen LogP contribution is 2.29. The van der Waals surface area contributed by atoms with E-state index in [9.17, 15) is 4.79 Å². The van der Waals surface area contributed by atoms with E-state index in [1.54, 1.807) is 6.07 Å². The Hall–Kier alpha value is -3.25. The number of ether oxygens (including phenoxy) is 1. The first kappa shape index (κ1) is 21.0. The molecule has 7 heteroatoms. The van der Waals surface area contributed by atoms with Gasteiger partial charge in [0.15, 0.2) is 11.6 Å². The molecule has 1 fully saturated rings. The zero-order valence-corrected chi connectivity index (χ0v) is 18.1. The van der Waals surface area contributed by atoms with E-state index in [2.05, 4.69) is 21.3 Å². The Morgan fingerprint density at radius 2 is 1.94 bits per heavy atom. The fourth-order valence-electron chi connectivity index (χ4n) is 3.68. The van der Waals surface area contributed by atoms with Gasteiger partial charge in [-0.25, -0.2) is 4.98 Å². The van der Waals surface area contributed by atoms with Crippen LogP contribution in [0.2, 0.25) is 5.02 Å². The summed E-state index contributed by atoms with van der Waals surface area (Å²) >= 11 is 5.99. The highest BCUT2D eigenvalue weighted by atomic mass is 35.5. The van der Waals surface area contributed by atoms with Gasteiger partial charge in [-0.3, -0.25) is 4.79 Å². The third kappa shape index (κ3) is 5.09. The summed E-state index contributed by atoms with van der Waals surface area (Å²) in [7, 11) is 0. The summed E-state index contributed by atoms with van der Waals surface area (Å²) in [4.78, 5) is 19.2. The number of halogens is 1. The lowest BCUT2D eigenvalue weighted by molar-refractivity contribution is 0.102. The summed E-state index contributed by atoms with van der Waals surface area (Å²) in [5, 5.41) is 3.44. The predicted octanol–water partition coefficient (Wildman–Crippen LogP) is 5.31. The molecule has 1 unspecified atom stereocenters. The smallest absolute Gasteiger partial charge is 0.255 e. The quantitative estimate of drug-likeness (QED) is 0.547. The molecule has 0 saturated carbocycles. The molecule has 0 spiro atoms. The first-order valence-electron chi connectivity index (χ1n) is 10.3. The largest absolute Gasteiger partial charge is 0.482 e. The zero-order valence-electron chi connectivity index (χ0n) is 17.3. The molecule has 160 valence electrons. The number of nitrogens with two attached hydrogens (primary N) is 1. The number of hydrogen-bond acceptors (Lipinski definition) is 5. The minimum Gasteiger partial charge on any atom is -0.482 e. The lowest BCUT2D eigenvalue weighted by Gasteiger charge is -2.18. The molecule has 4 rings (SSSR count). The molecule has 1 saturated heterocycles. The van der Waals surface area contributed by atoms with Crippen molar-refractivity contribution in [1.29, 1.82) is 0 Å². The first-order chi connectivity index (χ1) is 15.0. The molecule has 1 aliphatic heterocycles. The Labute approximate surface area is 187 Å². The number of rotatable bonds is 6. The Balaban J connectivity index is 1.46. The maximum atomic E-state index is 12.8. The van der Waals surface area contributed by atoms with Gasteiger partial charge in [0.2, 0.25) is 0 Å². The number of carbonyl (C=O) groups excluding carboxylic acids is 1. The van der Waals surface area contributed by atoms with Crippen LogP contribution in [0, 0.1) is 0 Å². The summed E-state index contributed by atoms with van der Waals surface area (Å²) in [5.74, 6) is 0.557. The number of carbonyl (C=O) groups is 1. The molecular weight excluding hydrogens is 412 g/mol. The van der Waals surface area contributed by atoms with Gasteiger partial charge in [-0.15, -0.1) is 0 Å². The normalized spacial score (nSPS) is 14.3.